The smallest absolute Gasteiger partial charge is 0.377 e. The van der Waals surface area contributed by atoms with E-state index in [9.17, 15) is 13.2 Å². The van der Waals surface area contributed by atoms with Gasteiger partial charge in [-0.15, -0.1) is 0 Å². The molecule has 0 fully saturated rings. The van der Waals surface area contributed by atoms with Crippen LogP contribution < -0.4 is 11.6 Å². The minimum absolute atomic E-state index is 0.0321. The van der Waals surface area contributed by atoms with Gasteiger partial charge in [-0.1, -0.05) is 11.8 Å². The maximum Gasteiger partial charge on any atom is 0.389 e. The molecule has 7 heteroatoms. The lowest BCUT2D eigenvalue weighted by Crippen LogP contribution is -2.11. The third-order valence-electron chi connectivity index (χ3n) is 0.982. The van der Waals surface area contributed by atoms with Crippen LogP contribution >= 0.6 is 11.8 Å². The molecule has 0 atom stereocenters. The van der Waals surface area contributed by atoms with E-state index in [1.165, 1.54) is 0 Å². The van der Waals surface area contributed by atoms with Gasteiger partial charge in [0.25, 0.3) is 0 Å². The topological polar surface area (TPSA) is 64.4 Å². The molecule has 72 valence electrons. The molecular formula is C5H10F3N3S. The van der Waals surface area contributed by atoms with Gasteiger partial charge in [-0.2, -0.15) is 18.3 Å². The summed E-state index contributed by atoms with van der Waals surface area (Å²) in [5.41, 5.74) is 5.13. The number of halogens is 3. The minimum atomic E-state index is -4.09. The third-order valence-corrected chi connectivity index (χ3v) is 1.88. The predicted octanol–water partition coefficient (Wildman–Crippen LogP) is 1.25. The highest BCUT2D eigenvalue weighted by atomic mass is 32.2. The van der Waals surface area contributed by atoms with Crippen LogP contribution in [0.3, 0.4) is 0 Å². The number of nitrogens with two attached hydrogens (primary N) is 2. The Morgan fingerprint density at radius 1 is 1.42 bits per heavy atom. The van der Waals surface area contributed by atoms with Crippen molar-refractivity contribution in [2.75, 3.05) is 5.75 Å². The van der Waals surface area contributed by atoms with E-state index in [4.69, 9.17) is 11.6 Å². The lowest BCUT2D eigenvalue weighted by molar-refractivity contribution is -0.134. The van der Waals surface area contributed by atoms with Crippen LogP contribution in [-0.4, -0.2) is 17.1 Å². The summed E-state index contributed by atoms with van der Waals surface area (Å²) < 4.78 is 34.7. The summed E-state index contributed by atoms with van der Waals surface area (Å²) >= 11 is 1.02. The van der Waals surface area contributed by atoms with Crippen molar-refractivity contribution >= 4 is 16.9 Å². The van der Waals surface area contributed by atoms with E-state index in [1.807, 2.05) is 0 Å². The zero-order chi connectivity index (χ0) is 9.61. The molecule has 0 aliphatic heterocycles. The van der Waals surface area contributed by atoms with Gasteiger partial charge in [0.1, 0.15) is 0 Å². The van der Waals surface area contributed by atoms with Crippen LogP contribution in [0, 0.1) is 0 Å². The average Bonchev–Trinajstić information content (AvgIpc) is 1.96. The molecule has 4 N–H and O–H groups in total. The summed E-state index contributed by atoms with van der Waals surface area (Å²) in [5.74, 6) is 5.04. The molecule has 0 spiro atoms. The van der Waals surface area contributed by atoms with Gasteiger partial charge in [-0.25, -0.2) is 0 Å². The van der Waals surface area contributed by atoms with Crippen molar-refractivity contribution < 1.29 is 13.2 Å². The van der Waals surface area contributed by atoms with Gasteiger partial charge in [0, 0.05) is 12.2 Å². The quantitative estimate of drug-likeness (QED) is 0.237. The standard InChI is InChI=1S/C5H10F3N3S/c6-5(7,8)2-1-3-12-4(9)11-10/h1-3,10H2,(H2,9,11). The van der Waals surface area contributed by atoms with E-state index in [2.05, 4.69) is 5.10 Å². The van der Waals surface area contributed by atoms with Crippen LogP contribution in [0.25, 0.3) is 0 Å². The molecule has 0 unspecified atom stereocenters. The summed E-state index contributed by atoms with van der Waals surface area (Å²) in [5, 5.41) is 3.21. The Labute approximate surface area is 72.4 Å². The second-order valence-corrected chi connectivity index (χ2v) is 3.15. The third kappa shape index (κ3) is 7.52. The predicted molar refractivity (Wildman–Crippen MR) is 43.6 cm³/mol. The van der Waals surface area contributed by atoms with Crippen LogP contribution in [-0.2, 0) is 0 Å². The highest BCUT2D eigenvalue weighted by Gasteiger charge is 2.25. The van der Waals surface area contributed by atoms with Crippen molar-refractivity contribution in [1.82, 2.24) is 0 Å². The Morgan fingerprint density at radius 2 is 2.00 bits per heavy atom. The van der Waals surface area contributed by atoms with Crippen molar-refractivity contribution in [3.63, 3.8) is 0 Å². The zero-order valence-corrected chi connectivity index (χ0v) is 7.08. The van der Waals surface area contributed by atoms with Crippen molar-refractivity contribution in [2.24, 2.45) is 16.7 Å². The van der Waals surface area contributed by atoms with E-state index < -0.39 is 12.6 Å². The molecule has 0 rings (SSSR count). The second-order valence-electron chi connectivity index (χ2n) is 2.03. The first-order chi connectivity index (χ1) is 5.45. The molecule has 0 amide bonds. The van der Waals surface area contributed by atoms with Crippen molar-refractivity contribution in [3.8, 4) is 0 Å². The fourth-order valence-electron chi connectivity index (χ4n) is 0.487. The van der Waals surface area contributed by atoms with Gasteiger partial charge >= 0.3 is 6.18 Å². The molecule has 0 bridgehead atoms. The van der Waals surface area contributed by atoms with E-state index in [0.717, 1.165) is 11.8 Å². The molecule has 0 aliphatic carbocycles. The van der Waals surface area contributed by atoms with E-state index in [-0.39, 0.29) is 17.3 Å². The first-order valence-corrected chi connectivity index (χ1v) is 4.17. The van der Waals surface area contributed by atoms with Crippen molar-refractivity contribution in [1.29, 1.82) is 0 Å². The van der Waals surface area contributed by atoms with E-state index in [1.54, 1.807) is 0 Å². The van der Waals surface area contributed by atoms with Gasteiger partial charge in [0.15, 0.2) is 5.17 Å². The molecule has 0 aromatic rings. The first kappa shape index (κ1) is 11.4. The summed E-state index contributed by atoms with van der Waals surface area (Å²) in [6.45, 7) is 0. The monoisotopic (exact) mass is 201 g/mol. The second kappa shape index (κ2) is 5.13. The summed E-state index contributed by atoms with van der Waals surface area (Å²) in [7, 11) is 0. The molecular weight excluding hydrogens is 191 g/mol. The lowest BCUT2D eigenvalue weighted by Gasteiger charge is -2.04. The van der Waals surface area contributed by atoms with Gasteiger partial charge < -0.3 is 11.6 Å². The van der Waals surface area contributed by atoms with Crippen molar-refractivity contribution in [2.45, 2.75) is 19.0 Å². The molecule has 12 heavy (non-hydrogen) atoms. The zero-order valence-electron chi connectivity index (χ0n) is 6.27. The average molecular weight is 201 g/mol. The molecule has 0 saturated carbocycles. The highest BCUT2D eigenvalue weighted by Crippen LogP contribution is 2.22. The number of amidine groups is 1. The Bertz CT molecular complexity index is 157. The largest absolute Gasteiger partial charge is 0.389 e. The molecule has 0 aromatic heterocycles. The van der Waals surface area contributed by atoms with Crippen molar-refractivity contribution in [3.05, 3.63) is 0 Å². The van der Waals surface area contributed by atoms with E-state index >= 15 is 0 Å². The maximum atomic E-state index is 11.6. The van der Waals surface area contributed by atoms with Gasteiger partial charge in [-0.05, 0) is 6.42 Å². The SMILES string of the molecule is NN=C(N)SCCCC(F)(F)F. The summed E-state index contributed by atoms with van der Waals surface area (Å²) in [4.78, 5) is 0. The Morgan fingerprint density at radius 3 is 2.42 bits per heavy atom. The molecule has 0 aliphatic rings. The number of nitrogens with zero attached hydrogens (tertiary/aromatic N) is 1. The number of alkyl halides is 3. The number of thioether (sulfide) groups is 1. The molecule has 3 nitrogen and oxygen atoms in total. The van der Waals surface area contributed by atoms with Gasteiger partial charge in [0.2, 0.25) is 0 Å². The van der Waals surface area contributed by atoms with Gasteiger partial charge in [0.05, 0.1) is 0 Å². The fraction of sp³-hybridized carbons (Fsp3) is 0.800. The van der Waals surface area contributed by atoms with E-state index in [0.29, 0.717) is 0 Å². The molecule has 0 radical (unpaired) electrons. The van der Waals surface area contributed by atoms with Crippen LogP contribution in [0.15, 0.2) is 5.10 Å². The fourth-order valence-corrected chi connectivity index (χ4v) is 1.06. The minimum Gasteiger partial charge on any atom is -0.377 e. The van der Waals surface area contributed by atoms with Crippen LogP contribution in [0.4, 0.5) is 13.2 Å². The number of hydrogen-bond acceptors (Lipinski definition) is 3. The number of hydrogen-bond donors (Lipinski definition) is 2. The Kier molecular flexibility index (Phi) is 4.87. The van der Waals surface area contributed by atoms with Gasteiger partial charge in [-0.3, -0.25) is 0 Å². The molecule has 0 heterocycles. The number of rotatable bonds is 3. The molecule has 0 saturated heterocycles. The lowest BCUT2D eigenvalue weighted by atomic mass is 10.3. The Balaban J connectivity index is 3.34. The summed E-state index contributed by atoms with van der Waals surface area (Å²) in [6, 6.07) is 0. The molecule has 0 aromatic carbocycles. The first-order valence-electron chi connectivity index (χ1n) is 3.18. The van der Waals surface area contributed by atoms with Crippen LogP contribution in [0.2, 0.25) is 0 Å². The number of hydrazone groups is 1. The normalized spacial score (nSPS) is 13.4. The highest BCUT2D eigenvalue weighted by molar-refractivity contribution is 8.13. The van der Waals surface area contributed by atoms with Crippen LogP contribution in [0.1, 0.15) is 12.8 Å². The Hall–Kier alpha value is -0.590. The van der Waals surface area contributed by atoms with Crippen LogP contribution in [0.5, 0.6) is 0 Å². The summed E-state index contributed by atoms with van der Waals surface area (Å²) in [6.07, 6.45) is -4.85. The maximum absolute atomic E-state index is 11.6.